The maximum Gasteiger partial charge on any atom is 0.165 e. The Labute approximate surface area is 111 Å². The lowest BCUT2D eigenvalue weighted by molar-refractivity contribution is 0.386. The van der Waals surface area contributed by atoms with Crippen molar-refractivity contribution in [2.24, 2.45) is 0 Å². The summed E-state index contributed by atoms with van der Waals surface area (Å²) < 4.78 is 24.2. The van der Waals surface area contributed by atoms with Crippen LogP contribution in [0.1, 0.15) is 18.6 Å². The van der Waals surface area contributed by atoms with Gasteiger partial charge in [0, 0.05) is 11.6 Å². The molecular weight excluding hydrogens is 245 g/mol. The van der Waals surface area contributed by atoms with Crippen molar-refractivity contribution in [2.75, 3.05) is 7.11 Å². The Hall–Kier alpha value is -1.81. The van der Waals surface area contributed by atoms with E-state index in [1.54, 1.807) is 12.1 Å². The summed E-state index contributed by atoms with van der Waals surface area (Å²) in [6.07, 6.45) is 2.49. The van der Waals surface area contributed by atoms with E-state index in [0.29, 0.717) is 11.8 Å². The summed E-state index contributed by atoms with van der Waals surface area (Å²) in [5.74, 6) is 1.41. The summed E-state index contributed by atoms with van der Waals surface area (Å²) in [6.45, 7) is 0.725. The molecule has 1 saturated carbocycles. The molecule has 1 heterocycles. The fourth-order valence-corrected chi connectivity index (χ4v) is 1.98. The van der Waals surface area contributed by atoms with Crippen LogP contribution in [0.2, 0.25) is 0 Å². The molecule has 1 fully saturated rings. The van der Waals surface area contributed by atoms with Gasteiger partial charge in [-0.2, -0.15) is 0 Å². The van der Waals surface area contributed by atoms with Gasteiger partial charge >= 0.3 is 0 Å². The molecule has 0 amide bonds. The lowest BCUT2D eigenvalue weighted by Gasteiger charge is -2.03. The van der Waals surface area contributed by atoms with Crippen molar-refractivity contribution in [1.82, 2.24) is 5.32 Å². The SMILES string of the molecule is COc1ccc(-c2ccc(CNC3CC3)o2)cc1F. The third-order valence-electron chi connectivity index (χ3n) is 3.24. The second kappa shape index (κ2) is 5.05. The molecule has 0 bridgehead atoms. The summed E-state index contributed by atoms with van der Waals surface area (Å²) >= 11 is 0. The van der Waals surface area contributed by atoms with Crippen LogP contribution in [0.5, 0.6) is 5.75 Å². The van der Waals surface area contributed by atoms with E-state index >= 15 is 0 Å². The number of hydrogen-bond acceptors (Lipinski definition) is 3. The van der Waals surface area contributed by atoms with E-state index in [9.17, 15) is 4.39 Å². The quantitative estimate of drug-likeness (QED) is 0.896. The molecule has 0 atom stereocenters. The maximum atomic E-state index is 13.6. The summed E-state index contributed by atoms with van der Waals surface area (Å²) in [7, 11) is 1.45. The highest BCUT2D eigenvalue weighted by molar-refractivity contribution is 5.59. The first kappa shape index (κ1) is 12.2. The van der Waals surface area contributed by atoms with E-state index in [0.717, 1.165) is 17.9 Å². The van der Waals surface area contributed by atoms with Crippen LogP contribution < -0.4 is 10.1 Å². The van der Waals surface area contributed by atoms with E-state index < -0.39 is 0 Å². The highest BCUT2D eigenvalue weighted by atomic mass is 19.1. The van der Waals surface area contributed by atoms with Gasteiger partial charge in [-0.05, 0) is 43.2 Å². The zero-order valence-electron chi connectivity index (χ0n) is 10.8. The van der Waals surface area contributed by atoms with Crippen LogP contribution in [0.4, 0.5) is 4.39 Å². The minimum absolute atomic E-state index is 0.242. The number of nitrogens with one attached hydrogen (secondary N) is 1. The zero-order valence-corrected chi connectivity index (χ0v) is 10.8. The molecule has 3 nitrogen and oxygen atoms in total. The Morgan fingerprint density at radius 3 is 2.84 bits per heavy atom. The summed E-state index contributed by atoms with van der Waals surface area (Å²) in [5.41, 5.74) is 0.718. The molecule has 1 aromatic heterocycles. The van der Waals surface area contributed by atoms with Crippen LogP contribution in [0.15, 0.2) is 34.7 Å². The topological polar surface area (TPSA) is 34.4 Å². The van der Waals surface area contributed by atoms with Gasteiger partial charge in [-0.3, -0.25) is 0 Å². The molecule has 19 heavy (non-hydrogen) atoms. The van der Waals surface area contributed by atoms with Gasteiger partial charge < -0.3 is 14.5 Å². The predicted molar refractivity (Wildman–Crippen MR) is 70.5 cm³/mol. The molecule has 1 aliphatic rings. The van der Waals surface area contributed by atoms with E-state index in [4.69, 9.17) is 9.15 Å². The first-order valence-electron chi connectivity index (χ1n) is 6.42. The smallest absolute Gasteiger partial charge is 0.165 e. The molecule has 0 unspecified atom stereocenters. The van der Waals surface area contributed by atoms with Crippen molar-refractivity contribution in [1.29, 1.82) is 0 Å². The molecule has 0 aliphatic heterocycles. The van der Waals surface area contributed by atoms with Crippen LogP contribution in [0.3, 0.4) is 0 Å². The molecule has 100 valence electrons. The average Bonchev–Trinajstić information content (AvgIpc) is 3.13. The average molecular weight is 261 g/mol. The van der Waals surface area contributed by atoms with Crippen molar-refractivity contribution in [3.63, 3.8) is 0 Å². The van der Waals surface area contributed by atoms with Gasteiger partial charge in [0.05, 0.1) is 13.7 Å². The molecular formula is C15H16FNO2. The highest BCUT2D eigenvalue weighted by Crippen LogP contribution is 2.27. The van der Waals surface area contributed by atoms with Crippen molar-refractivity contribution < 1.29 is 13.5 Å². The van der Waals surface area contributed by atoms with E-state index in [1.807, 2.05) is 12.1 Å². The van der Waals surface area contributed by atoms with Crippen molar-refractivity contribution in [3.05, 3.63) is 41.9 Å². The number of furan rings is 1. The van der Waals surface area contributed by atoms with Crippen LogP contribution in [0.25, 0.3) is 11.3 Å². The number of hydrogen-bond donors (Lipinski definition) is 1. The minimum Gasteiger partial charge on any atom is -0.494 e. The number of benzene rings is 1. The normalized spacial score (nSPS) is 14.6. The van der Waals surface area contributed by atoms with Crippen LogP contribution in [-0.4, -0.2) is 13.2 Å². The minimum atomic E-state index is -0.381. The fourth-order valence-electron chi connectivity index (χ4n) is 1.98. The Kier molecular flexibility index (Phi) is 3.25. The second-order valence-corrected chi connectivity index (χ2v) is 4.77. The van der Waals surface area contributed by atoms with Crippen molar-refractivity contribution in [3.8, 4) is 17.1 Å². The summed E-state index contributed by atoms with van der Waals surface area (Å²) in [4.78, 5) is 0. The first-order chi connectivity index (χ1) is 9.26. The lowest BCUT2D eigenvalue weighted by Crippen LogP contribution is -2.14. The fraction of sp³-hybridized carbons (Fsp3) is 0.333. The third kappa shape index (κ3) is 2.79. The summed E-state index contributed by atoms with van der Waals surface area (Å²) in [5, 5.41) is 3.38. The van der Waals surface area contributed by atoms with Gasteiger partial charge in [0.2, 0.25) is 0 Å². The van der Waals surface area contributed by atoms with E-state index in [-0.39, 0.29) is 11.6 Å². The molecule has 1 aromatic carbocycles. The van der Waals surface area contributed by atoms with E-state index in [2.05, 4.69) is 5.32 Å². The molecule has 2 aromatic rings. The number of rotatable bonds is 5. The van der Waals surface area contributed by atoms with Crippen molar-refractivity contribution in [2.45, 2.75) is 25.4 Å². The number of ether oxygens (including phenoxy) is 1. The lowest BCUT2D eigenvalue weighted by atomic mass is 10.1. The second-order valence-electron chi connectivity index (χ2n) is 4.77. The summed E-state index contributed by atoms with van der Waals surface area (Å²) in [6, 6.07) is 9.26. The van der Waals surface area contributed by atoms with Gasteiger partial charge in [-0.25, -0.2) is 4.39 Å². The van der Waals surface area contributed by atoms with Gasteiger partial charge in [-0.15, -0.1) is 0 Å². The van der Waals surface area contributed by atoms with Crippen LogP contribution in [0, 0.1) is 5.82 Å². The molecule has 1 aliphatic carbocycles. The van der Waals surface area contributed by atoms with Gasteiger partial charge in [-0.1, -0.05) is 0 Å². The molecule has 0 saturated heterocycles. The molecule has 0 radical (unpaired) electrons. The van der Waals surface area contributed by atoms with Gasteiger partial charge in [0.1, 0.15) is 11.5 Å². The zero-order chi connectivity index (χ0) is 13.2. The van der Waals surface area contributed by atoms with Crippen LogP contribution in [-0.2, 0) is 6.54 Å². The molecule has 3 rings (SSSR count). The first-order valence-corrected chi connectivity index (χ1v) is 6.42. The van der Waals surface area contributed by atoms with Gasteiger partial charge in [0.15, 0.2) is 11.6 Å². The Morgan fingerprint density at radius 2 is 2.16 bits per heavy atom. The Balaban J connectivity index is 1.75. The maximum absolute atomic E-state index is 13.6. The monoisotopic (exact) mass is 261 g/mol. The molecule has 0 spiro atoms. The third-order valence-corrected chi connectivity index (χ3v) is 3.24. The molecule has 1 N–H and O–H groups in total. The standard InChI is InChI=1S/C15H16FNO2/c1-18-15-6-2-10(8-13(15)16)14-7-5-12(19-14)9-17-11-3-4-11/h2,5-8,11,17H,3-4,9H2,1H3. The van der Waals surface area contributed by atoms with Crippen LogP contribution >= 0.6 is 0 Å². The van der Waals surface area contributed by atoms with Crippen molar-refractivity contribution >= 4 is 0 Å². The largest absolute Gasteiger partial charge is 0.494 e. The Bertz CT molecular complexity index is 575. The number of halogens is 1. The van der Waals surface area contributed by atoms with E-state index in [1.165, 1.54) is 26.0 Å². The number of methoxy groups -OCH3 is 1. The Morgan fingerprint density at radius 1 is 1.32 bits per heavy atom. The highest BCUT2D eigenvalue weighted by Gasteiger charge is 2.20. The van der Waals surface area contributed by atoms with Gasteiger partial charge in [0.25, 0.3) is 0 Å². The molecule has 4 heteroatoms. The predicted octanol–water partition coefficient (Wildman–Crippen LogP) is 3.35.